The molecule has 0 aliphatic rings. The number of nitrogens with one attached hydrogen (secondary N) is 1. The topological polar surface area (TPSA) is 24.9 Å². The van der Waals surface area contributed by atoms with Crippen molar-refractivity contribution < 1.29 is 0 Å². The predicted molar refractivity (Wildman–Crippen MR) is 76.1 cm³/mol. The van der Waals surface area contributed by atoms with Gasteiger partial charge in [-0.3, -0.25) is 4.98 Å². The van der Waals surface area contributed by atoms with E-state index in [1.807, 2.05) is 19.2 Å². The van der Waals surface area contributed by atoms with E-state index >= 15 is 0 Å². The summed E-state index contributed by atoms with van der Waals surface area (Å²) in [5, 5.41) is 3.96. The van der Waals surface area contributed by atoms with E-state index in [1.165, 1.54) is 16.7 Å². The molecule has 0 saturated heterocycles. The van der Waals surface area contributed by atoms with Crippen molar-refractivity contribution in [1.29, 1.82) is 0 Å². The van der Waals surface area contributed by atoms with Gasteiger partial charge in [0.2, 0.25) is 0 Å². The third-order valence-electron chi connectivity index (χ3n) is 2.91. The number of aryl methyl sites for hydroxylation is 2. The molecule has 1 aromatic carbocycles. The summed E-state index contributed by atoms with van der Waals surface area (Å²) < 4.78 is 0. The molecule has 0 bridgehead atoms. The molecule has 0 saturated carbocycles. The van der Waals surface area contributed by atoms with E-state index in [4.69, 9.17) is 11.6 Å². The molecule has 18 heavy (non-hydrogen) atoms. The molecular formula is C15H17ClN2. The quantitative estimate of drug-likeness (QED) is 0.911. The van der Waals surface area contributed by atoms with E-state index in [0.29, 0.717) is 5.02 Å². The fourth-order valence-corrected chi connectivity index (χ4v) is 2.33. The monoisotopic (exact) mass is 260 g/mol. The van der Waals surface area contributed by atoms with Crippen molar-refractivity contribution in [2.45, 2.75) is 19.9 Å². The molecular weight excluding hydrogens is 244 g/mol. The first-order valence-corrected chi connectivity index (χ1v) is 6.35. The molecule has 2 aromatic rings. The summed E-state index contributed by atoms with van der Waals surface area (Å²) in [6.07, 6.45) is 1.68. The standard InChI is InChI=1S/C15H17ClN2/c1-10-6-11(2)8-12(7-10)15(17-3)14-5-4-13(16)9-18-14/h4-9,15,17H,1-3H3. The predicted octanol–water partition coefficient (Wildman–Crippen LogP) is 3.66. The van der Waals surface area contributed by atoms with Crippen LogP contribution < -0.4 is 5.32 Å². The van der Waals surface area contributed by atoms with Gasteiger partial charge in [0.05, 0.1) is 16.8 Å². The van der Waals surface area contributed by atoms with Crippen LogP contribution in [0.25, 0.3) is 0 Å². The number of hydrogen-bond donors (Lipinski definition) is 1. The number of halogens is 1. The second-order valence-electron chi connectivity index (χ2n) is 4.54. The molecule has 3 heteroatoms. The molecule has 0 spiro atoms. The lowest BCUT2D eigenvalue weighted by Crippen LogP contribution is -2.19. The van der Waals surface area contributed by atoms with E-state index in [-0.39, 0.29) is 6.04 Å². The highest BCUT2D eigenvalue weighted by atomic mass is 35.5. The van der Waals surface area contributed by atoms with E-state index in [9.17, 15) is 0 Å². The summed E-state index contributed by atoms with van der Waals surface area (Å²) >= 11 is 5.87. The smallest absolute Gasteiger partial charge is 0.0749 e. The van der Waals surface area contributed by atoms with Gasteiger partial charge in [0.1, 0.15) is 0 Å². The van der Waals surface area contributed by atoms with Crippen LogP contribution in [0, 0.1) is 13.8 Å². The average molecular weight is 261 g/mol. The maximum atomic E-state index is 5.87. The lowest BCUT2D eigenvalue weighted by molar-refractivity contribution is 0.670. The molecule has 0 aliphatic carbocycles. The van der Waals surface area contributed by atoms with Gasteiger partial charge in [-0.05, 0) is 38.6 Å². The van der Waals surface area contributed by atoms with Crippen LogP contribution in [0.3, 0.4) is 0 Å². The van der Waals surface area contributed by atoms with Gasteiger partial charge < -0.3 is 5.32 Å². The van der Waals surface area contributed by atoms with Crippen LogP contribution >= 0.6 is 11.6 Å². The molecule has 0 amide bonds. The Labute approximate surface area is 113 Å². The Morgan fingerprint density at radius 1 is 1.11 bits per heavy atom. The normalized spacial score (nSPS) is 12.4. The number of pyridine rings is 1. The Kier molecular flexibility index (Phi) is 4.00. The van der Waals surface area contributed by atoms with Gasteiger partial charge >= 0.3 is 0 Å². The number of aromatic nitrogens is 1. The Bertz CT molecular complexity index is 514. The third kappa shape index (κ3) is 2.89. The molecule has 0 fully saturated rings. The molecule has 2 nitrogen and oxygen atoms in total. The molecule has 0 aliphatic heterocycles. The first-order valence-electron chi connectivity index (χ1n) is 5.97. The van der Waals surface area contributed by atoms with Crippen LogP contribution in [-0.2, 0) is 0 Å². The summed E-state index contributed by atoms with van der Waals surface area (Å²) in [5.74, 6) is 0. The first kappa shape index (κ1) is 13.1. The van der Waals surface area contributed by atoms with Crippen molar-refractivity contribution in [2.75, 3.05) is 7.05 Å². The number of nitrogens with zero attached hydrogens (tertiary/aromatic N) is 1. The molecule has 2 rings (SSSR count). The maximum absolute atomic E-state index is 5.87. The fraction of sp³-hybridized carbons (Fsp3) is 0.267. The fourth-order valence-electron chi connectivity index (χ4n) is 2.22. The van der Waals surface area contributed by atoms with Crippen molar-refractivity contribution in [2.24, 2.45) is 0 Å². The molecule has 94 valence electrons. The number of hydrogen-bond acceptors (Lipinski definition) is 2. The second kappa shape index (κ2) is 5.51. The van der Waals surface area contributed by atoms with Gasteiger partial charge in [-0.2, -0.15) is 0 Å². The highest BCUT2D eigenvalue weighted by Crippen LogP contribution is 2.23. The van der Waals surface area contributed by atoms with Crippen molar-refractivity contribution in [3.63, 3.8) is 0 Å². The molecule has 1 unspecified atom stereocenters. The van der Waals surface area contributed by atoms with E-state index in [2.05, 4.69) is 42.3 Å². The molecule has 1 atom stereocenters. The van der Waals surface area contributed by atoms with Gasteiger partial charge in [-0.15, -0.1) is 0 Å². The lowest BCUT2D eigenvalue weighted by atomic mass is 9.99. The van der Waals surface area contributed by atoms with Gasteiger partial charge in [-0.25, -0.2) is 0 Å². The lowest BCUT2D eigenvalue weighted by Gasteiger charge is -2.17. The minimum atomic E-state index is 0.0980. The molecule has 0 radical (unpaired) electrons. The SMILES string of the molecule is CNC(c1cc(C)cc(C)c1)c1ccc(Cl)cn1. The Hall–Kier alpha value is -1.38. The van der Waals surface area contributed by atoms with Gasteiger partial charge in [0.25, 0.3) is 0 Å². The highest BCUT2D eigenvalue weighted by Gasteiger charge is 2.13. The van der Waals surface area contributed by atoms with Gasteiger partial charge in [0.15, 0.2) is 0 Å². The zero-order chi connectivity index (χ0) is 13.1. The molecule has 1 aromatic heterocycles. The summed E-state index contributed by atoms with van der Waals surface area (Å²) in [6, 6.07) is 10.5. The summed E-state index contributed by atoms with van der Waals surface area (Å²) in [6.45, 7) is 4.22. The van der Waals surface area contributed by atoms with Gasteiger partial charge in [0, 0.05) is 6.20 Å². The van der Waals surface area contributed by atoms with E-state index in [1.54, 1.807) is 6.20 Å². The van der Waals surface area contributed by atoms with Crippen molar-refractivity contribution in [3.8, 4) is 0 Å². The van der Waals surface area contributed by atoms with Crippen LogP contribution in [0.1, 0.15) is 28.4 Å². The third-order valence-corrected chi connectivity index (χ3v) is 3.14. The largest absolute Gasteiger partial charge is 0.308 e. The van der Waals surface area contributed by atoms with Crippen LogP contribution in [0.15, 0.2) is 36.5 Å². The van der Waals surface area contributed by atoms with Crippen LogP contribution in [0.2, 0.25) is 5.02 Å². The van der Waals surface area contributed by atoms with Crippen LogP contribution in [0.4, 0.5) is 0 Å². The van der Waals surface area contributed by atoms with Crippen molar-refractivity contribution in [3.05, 3.63) is 63.9 Å². The van der Waals surface area contributed by atoms with Gasteiger partial charge in [-0.1, -0.05) is 40.9 Å². The molecule has 1 heterocycles. The molecule has 1 N–H and O–H groups in total. The van der Waals surface area contributed by atoms with Crippen molar-refractivity contribution >= 4 is 11.6 Å². The minimum Gasteiger partial charge on any atom is -0.308 e. The van der Waals surface area contributed by atoms with Crippen LogP contribution in [0.5, 0.6) is 0 Å². The second-order valence-corrected chi connectivity index (χ2v) is 4.98. The Balaban J connectivity index is 2.41. The average Bonchev–Trinajstić information content (AvgIpc) is 2.31. The number of benzene rings is 1. The number of rotatable bonds is 3. The summed E-state index contributed by atoms with van der Waals surface area (Å²) in [4.78, 5) is 4.39. The minimum absolute atomic E-state index is 0.0980. The Morgan fingerprint density at radius 2 is 1.78 bits per heavy atom. The van der Waals surface area contributed by atoms with Crippen molar-refractivity contribution in [1.82, 2.24) is 10.3 Å². The highest BCUT2D eigenvalue weighted by molar-refractivity contribution is 6.30. The van der Waals surface area contributed by atoms with Crippen LogP contribution in [-0.4, -0.2) is 12.0 Å². The van der Waals surface area contributed by atoms with E-state index < -0.39 is 0 Å². The summed E-state index contributed by atoms with van der Waals surface area (Å²) in [5.41, 5.74) is 4.73. The zero-order valence-corrected chi connectivity index (χ0v) is 11.6. The zero-order valence-electron chi connectivity index (χ0n) is 10.9. The summed E-state index contributed by atoms with van der Waals surface area (Å²) in [7, 11) is 1.94. The Morgan fingerprint density at radius 3 is 2.28 bits per heavy atom. The maximum Gasteiger partial charge on any atom is 0.0749 e. The first-order chi connectivity index (χ1) is 8.60. The van der Waals surface area contributed by atoms with E-state index in [0.717, 1.165) is 5.69 Å².